The van der Waals surface area contributed by atoms with Gasteiger partial charge < -0.3 is 20.5 Å². The first-order valence-corrected chi connectivity index (χ1v) is 7.94. The molecule has 1 aromatic carbocycles. The average Bonchev–Trinajstić information content (AvgIpc) is 3.05. The number of nitrogens with zero attached hydrogens (tertiary/aromatic N) is 2. The van der Waals surface area contributed by atoms with Crippen molar-refractivity contribution in [3.63, 3.8) is 0 Å². The molecular formula is C17H24FIN4O2. The molecule has 0 amide bonds. The smallest absolute Gasteiger partial charge is 0.191 e. The molecule has 138 valence electrons. The van der Waals surface area contributed by atoms with E-state index in [1.165, 1.54) is 18.2 Å². The third-order valence-corrected chi connectivity index (χ3v) is 4.30. The van der Waals surface area contributed by atoms with Crippen molar-refractivity contribution in [3.05, 3.63) is 35.1 Å². The lowest BCUT2D eigenvalue weighted by Crippen LogP contribution is -2.44. The molecule has 2 rings (SSSR count). The Kier molecular flexibility index (Phi) is 9.10. The van der Waals surface area contributed by atoms with E-state index in [1.54, 1.807) is 7.05 Å². The summed E-state index contributed by atoms with van der Waals surface area (Å²) in [6.07, 6.45) is 1.55. The lowest BCUT2D eigenvalue weighted by molar-refractivity contribution is 0.127. The normalized spacial score (nSPS) is 19.8. The summed E-state index contributed by atoms with van der Waals surface area (Å²) in [5.41, 5.74) is 0.727. The fourth-order valence-electron chi connectivity index (χ4n) is 2.76. The van der Waals surface area contributed by atoms with Crippen LogP contribution < -0.4 is 10.6 Å². The van der Waals surface area contributed by atoms with E-state index in [4.69, 9.17) is 10.00 Å². The minimum Gasteiger partial charge on any atom is -0.396 e. The number of nitrogens with one attached hydrogen (secondary N) is 2. The van der Waals surface area contributed by atoms with E-state index in [0.29, 0.717) is 43.3 Å². The fourth-order valence-corrected chi connectivity index (χ4v) is 2.76. The van der Waals surface area contributed by atoms with Gasteiger partial charge in [-0.3, -0.25) is 4.99 Å². The molecule has 0 aromatic heterocycles. The standard InChI is InChI=1S/C17H23FN4O2.HI/c1-20-16(22-11-17(4-6-23)5-7-24-12-17)21-10-14-8-13(9-19)2-3-15(14)18;/h2-3,8,23H,4-7,10-12H2,1H3,(H2,20,21,22);1H. The second-order valence-corrected chi connectivity index (χ2v) is 5.97. The molecule has 25 heavy (non-hydrogen) atoms. The van der Waals surface area contributed by atoms with Crippen molar-refractivity contribution in [2.75, 3.05) is 33.4 Å². The van der Waals surface area contributed by atoms with Gasteiger partial charge in [-0.05, 0) is 31.0 Å². The van der Waals surface area contributed by atoms with Crippen molar-refractivity contribution < 1.29 is 14.2 Å². The van der Waals surface area contributed by atoms with Gasteiger partial charge in [-0.2, -0.15) is 5.26 Å². The second-order valence-electron chi connectivity index (χ2n) is 5.97. The van der Waals surface area contributed by atoms with Crippen LogP contribution in [0.3, 0.4) is 0 Å². The van der Waals surface area contributed by atoms with Gasteiger partial charge in [0.1, 0.15) is 5.82 Å². The first-order chi connectivity index (χ1) is 11.6. The molecule has 1 fully saturated rings. The molecule has 1 unspecified atom stereocenters. The van der Waals surface area contributed by atoms with Gasteiger partial charge in [-0.1, -0.05) is 0 Å². The lowest BCUT2D eigenvalue weighted by atomic mass is 9.84. The molecule has 0 aliphatic carbocycles. The highest BCUT2D eigenvalue weighted by Gasteiger charge is 2.34. The Morgan fingerprint density at radius 3 is 2.88 bits per heavy atom. The predicted octanol–water partition coefficient (Wildman–Crippen LogP) is 1.77. The zero-order valence-electron chi connectivity index (χ0n) is 14.2. The number of guanidine groups is 1. The molecule has 0 bridgehead atoms. The first-order valence-electron chi connectivity index (χ1n) is 7.94. The van der Waals surface area contributed by atoms with Crippen molar-refractivity contribution in [2.24, 2.45) is 10.4 Å². The monoisotopic (exact) mass is 462 g/mol. The van der Waals surface area contributed by atoms with Gasteiger partial charge >= 0.3 is 0 Å². The number of aliphatic hydroxyl groups is 1. The molecule has 0 radical (unpaired) electrons. The minimum atomic E-state index is -0.363. The zero-order valence-corrected chi connectivity index (χ0v) is 16.5. The van der Waals surface area contributed by atoms with E-state index in [9.17, 15) is 9.50 Å². The number of aliphatic imine (C=N–C) groups is 1. The van der Waals surface area contributed by atoms with Gasteiger partial charge in [-0.15, -0.1) is 24.0 Å². The number of hydrogen-bond acceptors (Lipinski definition) is 4. The van der Waals surface area contributed by atoms with Crippen LogP contribution in [0.25, 0.3) is 0 Å². The van der Waals surface area contributed by atoms with Crippen LogP contribution in [-0.2, 0) is 11.3 Å². The number of hydrogen-bond donors (Lipinski definition) is 3. The molecule has 8 heteroatoms. The first kappa shape index (κ1) is 21.6. The lowest BCUT2D eigenvalue weighted by Gasteiger charge is -2.27. The molecule has 1 aliphatic rings. The van der Waals surface area contributed by atoms with Gasteiger partial charge in [0, 0.05) is 44.3 Å². The summed E-state index contributed by atoms with van der Waals surface area (Å²) in [5, 5.41) is 24.4. The van der Waals surface area contributed by atoms with Crippen molar-refractivity contribution in [1.82, 2.24) is 10.6 Å². The third-order valence-electron chi connectivity index (χ3n) is 4.30. The van der Waals surface area contributed by atoms with Crippen LogP contribution in [0.5, 0.6) is 0 Å². The molecule has 1 aromatic rings. The highest BCUT2D eigenvalue weighted by atomic mass is 127. The van der Waals surface area contributed by atoms with Crippen LogP contribution >= 0.6 is 24.0 Å². The zero-order chi connectivity index (χ0) is 17.4. The van der Waals surface area contributed by atoms with Gasteiger partial charge in [0.15, 0.2) is 5.96 Å². The number of halogens is 2. The Hall–Kier alpha value is -1.44. The number of nitriles is 1. The fraction of sp³-hybridized carbons (Fsp3) is 0.529. The van der Waals surface area contributed by atoms with Gasteiger partial charge in [0.25, 0.3) is 0 Å². The largest absolute Gasteiger partial charge is 0.396 e. The summed E-state index contributed by atoms with van der Waals surface area (Å²) in [6.45, 7) is 2.26. The highest BCUT2D eigenvalue weighted by Crippen LogP contribution is 2.31. The molecule has 1 heterocycles. The summed E-state index contributed by atoms with van der Waals surface area (Å²) >= 11 is 0. The summed E-state index contributed by atoms with van der Waals surface area (Å²) < 4.78 is 19.3. The number of rotatable bonds is 6. The van der Waals surface area contributed by atoms with Crippen molar-refractivity contribution in [2.45, 2.75) is 19.4 Å². The topological polar surface area (TPSA) is 89.7 Å². The number of ether oxygens (including phenoxy) is 1. The summed E-state index contributed by atoms with van der Waals surface area (Å²) in [6, 6.07) is 6.26. The SMILES string of the molecule is CN=C(NCc1cc(C#N)ccc1F)NCC1(CCO)CCOC1.I. The van der Waals surface area contributed by atoms with E-state index in [2.05, 4.69) is 15.6 Å². The van der Waals surface area contributed by atoms with Gasteiger partial charge in [0.2, 0.25) is 0 Å². The van der Waals surface area contributed by atoms with Crippen LogP contribution in [0.4, 0.5) is 4.39 Å². The van der Waals surface area contributed by atoms with Crippen LogP contribution in [-0.4, -0.2) is 44.5 Å². The molecule has 1 saturated heterocycles. The Labute approximate surface area is 164 Å². The average molecular weight is 462 g/mol. The summed E-state index contributed by atoms with van der Waals surface area (Å²) in [7, 11) is 1.64. The van der Waals surface area contributed by atoms with E-state index in [1.807, 2.05) is 6.07 Å². The molecule has 0 spiro atoms. The van der Waals surface area contributed by atoms with Crippen molar-refractivity contribution in [1.29, 1.82) is 5.26 Å². The Morgan fingerprint density at radius 1 is 1.48 bits per heavy atom. The summed E-state index contributed by atoms with van der Waals surface area (Å²) in [5.74, 6) is 0.180. The van der Waals surface area contributed by atoms with E-state index >= 15 is 0 Å². The van der Waals surface area contributed by atoms with E-state index in [-0.39, 0.29) is 48.4 Å². The minimum absolute atomic E-state index is 0. The number of aliphatic hydroxyl groups excluding tert-OH is 1. The third kappa shape index (κ3) is 6.09. The van der Waals surface area contributed by atoms with Gasteiger partial charge in [0.05, 0.1) is 18.2 Å². The van der Waals surface area contributed by atoms with Crippen molar-refractivity contribution in [3.8, 4) is 6.07 Å². The Balaban J connectivity index is 0.00000312. The molecular weight excluding hydrogens is 438 g/mol. The molecule has 1 aliphatic heterocycles. The van der Waals surface area contributed by atoms with Crippen molar-refractivity contribution >= 4 is 29.9 Å². The second kappa shape index (κ2) is 10.5. The van der Waals surface area contributed by atoms with Crippen LogP contribution in [0.2, 0.25) is 0 Å². The quantitative estimate of drug-likeness (QED) is 0.341. The molecule has 6 nitrogen and oxygen atoms in total. The Bertz CT molecular complexity index is 628. The molecule has 3 N–H and O–H groups in total. The predicted molar refractivity (Wildman–Crippen MR) is 104 cm³/mol. The van der Waals surface area contributed by atoms with E-state index < -0.39 is 0 Å². The van der Waals surface area contributed by atoms with Crippen LogP contribution in [0, 0.1) is 22.6 Å². The maximum absolute atomic E-state index is 13.8. The van der Waals surface area contributed by atoms with Gasteiger partial charge in [-0.25, -0.2) is 4.39 Å². The Morgan fingerprint density at radius 2 is 2.28 bits per heavy atom. The molecule has 0 saturated carbocycles. The maximum atomic E-state index is 13.8. The highest BCUT2D eigenvalue weighted by molar-refractivity contribution is 14.0. The van der Waals surface area contributed by atoms with Crippen LogP contribution in [0.1, 0.15) is 24.0 Å². The molecule has 1 atom stereocenters. The van der Waals surface area contributed by atoms with Crippen LogP contribution in [0.15, 0.2) is 23.2 Å². The van der Waals surface area contributed by atoms with E-state index in [0.717, 1.165) is 6.42 Å². The number of benzene rings is 1. The maximum Gasteiger partial charge on any atom is 0.191 e. The summed E-state index contributed by atoms with van der Waals surface area (Å²) in [4.78, 5) is 4.13.